The number of aromatic nitrogens is 1. The Morgan fingerprint density at radius 2 is 1.91 bits per heavy atom. The third-order valence-electron chi connectivity index (χ3n) is 6.51. The molecule has 4 amide bonds. The van der Waals surface area contributed by atoms with E-state index >= 15 is 0 Å². The molecule has 1 aliphatic heterocycles. The van der Waals surface area contributed by atoms with Gasteiger partial charge in [-0.05, 0) is 36.6 Å². The molecule has 0 spiro atoms. The normalized spacial score (nSPS) is 17.9. The zero-order chi connectivity index (χ0) is 23.9. The van der Waals surface area contributed by atoms with Gasteiger partial charge in [0.05, 0.1) is 7.11 Å². The number of carbonyl (C=O) groups excluding carboxylic acids is 3. The molecule has 1 aromatic carbocycles. The van der Waals surface area contributed by atoms with Crippen LogP contribution in [0.1, 0.15) is 38.5 Å². The van der Waals surface area contributed by atoms with Gasteiger partial charge in [-0.25, -0.2) is 9.78 Å². The maximum Gasteiger partial charge on any atom is 0.322 e. The van der Waals surface area contributed by atoms with E-state index in [2.05, 4.69) is 15.6 Å². The molecule has 1 aliphatic carbocycles. The first kappa shape index (κ1) is 24.0. The Morgan fingerprint density at radius 1 is 1.15 bits per heavy atom. The van der Waals surface area contributed by atoms with E-state index in [1.54, 1.807) is 47.9 Å². The van der Waals surface area contributed by atoms with Crippen LogP contribution in [-0.2, 0) is 9.59 Å². The monoisotopic (exact) mass is 485 g/mol. The van der Waals surface area contributed by atoms with Gasteiger partial charge in [0.15, 0.2) is 5.13 Å². The minimum atomic E-state index is -0.564. The lowest BCUT2D eigenvalue weighted by atomic mass is 9.84. The summed E-state index contributed by atoms with van der Waals surface area (Å²) in [7, 11) is 1.58. The van der Waals surface area contributed by atoms with Crippen molar-refractivity contribution in [1.82, 2.24) is 14.8 Å². The molecule has 0 radical (unpaired) electrons. The van der Waals surface area contributed by atoms with Crippen LogP contribution in [0.4, 0.5) is 15.6 Å². The smallest absolute Gasteiger partial charge is 0.322 e. The van der Waals surface area contributed by atoms with Gasteiger partial charge in [0, 0.05) is 30.4 Å². The fraction of sp³-hybridized carbons (Fsp3) is 0.500. The van der Waals surface area contributed by atoms with Gasteiger partial charge >= 0.3 is 6.03 Å². The Hall–Kier alpha value is -3.14. The quantitative estimate of drug-likeness (QED) is 0.621. The summed E-state index contributed by atoms with van der Waals surface area (Å²) in [5, 5.41) is 8.03. The molecule has 34 heavy (non-hydrogen) atoms. The first-order valence-electron chi connectivity index (χ1n) is 11.7. The molecule has 2 aliphatic rings. The zero-order valence-corrected chi connectivity index (χ0v) is 20.2. The molecule has 2 heterocycles. The lowest BCUT2D eigenvalue weighted by Crippen LogP contribution is -2.59. The van der Waals surface area contributed by atoms with Gasteiger partial charge in [-0.1, -0.05) is 32.1 Å². The average molecular weight is 486 g/mol. The van der Waals surface area contributed by atoms with E-state index < -0.39 is 6.04 Å². The van der Waals surface area contributed by atoms with Crippen LogP contribution < -0.4 is 15.4 Å². The number of thiazole rings is 1. The second kappa shape index (κ2) is 11.3. The van der Waals surface area contributed by atoms with Gasteiger partial charge in [-0.2, -0.15) is 0 Å². The molecule has 1 atom stereocenters. The van der Waals surface area contributed by atoms with Crippen LogP contribution >= 0.6 is 11.3 Å². The van der Waals surface area contributed by atoms with Crippen LogP contribution in [-0.4, -0.2) is 65.4 Å². The van der Waals surface area contributed by atoms with Crippen LogP contribution in [0, 0.1) is 5.92 Å². The maximum absolute atomic E-state index is 13.2. The second-order valence-electron chi connectivity index (χ2n) is 8.75. The molecule has 9 nitrogen and oxygen atoms in total. The van der Waals surface area contributed by atoms with Gasteiger partial charge in [0.25, 0.3) is 0 Å². The Morgan fingerprint density at radius 3 is 2.56 bits per heavy atom. The molecule has 2 aromatic rings. The van der Waals surface area contributed by atoms with E-state index in [4.69, 9.17) is 4.74 Å². The van der Waals surface area contributed by atoms with Crippen LogP contribution in [0.3, 0.4) is 0 Å². The topological polar surface area (TPSA) is 104 Å². The van der Waals surface area contributed by atoms with Crippen LogP contribution in [0.15, 0.2) is 35.8 Å². The first-order chi connectivity index (χ1) is 16.5. The van der Waals surface area contributed by atoms with Crippen LogP contribution in [0.5, 0.6) is 5.75 Å². The molecule has 182 valence electrons. The van der Waals surface area contributed by atoms with Crippen molar-refractivity contribution in [1.29, 1.82) is 0 Å². The fourth-order valence-electron chi connectivity index (χ4n) is 4.65. The van der Waals surface area contributed by atoms with Crippen LogP contribution in [0.25, 0.3) is 0 Å². The van der Waals surface area contributed by atoms with Crippen molar-refractivity contribution in [3.05, 3.63) is 35.8 Å². The number of nitrogens with zero attached hydrogens (tertiary/aromatic N) is 3. The van der Waals surface area contributed by atoms with Gasteiger partial charge in [0.1, 0.15) is 18.3 Å². The summed E-state index contributed by atoms with van der Waals surface area (Å²) >= 11 is 1.35. The summed E-state index contributed by atoms with van der Waals surface area (Å²) in [6.07, 6.45) is 8.01. The molecule has 1 aromatic heterocycles. The minimum Gasteiger partial charge on any atom is -0.497 e. The van der Waals surface area contributed by atoms with Crippen LogP contribution in [0.2, 0.25) is 0 Å². The van der Waals surface area contributed by atoms with Gasteiger partial charge < -0.3 is 25.2 Å². The first-order valence-corrected chi connectivity index (χ1v) is 12.6. The number of urea groups is 1. The van der Waals surface area contributed by atoms with E-state index in [9.17, 15) is 14.4 Å². The summed E-state index contributed by atoms with van der Waals surface area (Å²) in [5.41, 5.74) is 0.624. The second-order valence-corrected chi connectivity index (χ2v) is 9.64. The molecule has 10 heteroatoms. The molecule has 2 N–H and O–H groups in total. The number of methoxy groups -OCH3 is 1. The summed E-state index contributed by atoms with van der Waals surface area (Å²) in [6, 6.07) is 6.11. The lowest BCUT2D eigenvalue weighted by Gasteiger charge is -2.39. The number of benzene rings is 1. The van der Waals surface area contributed by atoms with Crippen molar-refractivity contribution in [2.45, 2.75) is 44.6 Å². The summed E-state index contributed by atoms with van der Waals surface area (Å²) in [6.45, 7) is 0.616. The number of amides is 4. The molecule has 1 unspecified atom stereocenters. The minimum absolute atomic E-state index is 0.0618. The number of anilines is 2. The average Bonchev–Trinajstić information content (AvgIpc) is 3.37. The molecule has 1 saturated heterocycles. The Balaban J connectivity index is 1.40. The number of hydrogen-bond donors (Lipinski definition) is 2. The number of piperazine rings is 1. The summed E-state index contributed by atoms with van der Waals surface area (Å²) < 4.78 is 5.14. The molecular weight excluding hydrogens is 454 g/mol. The largest absolute Gasteiger partial charge is 0.497 e. The highest BCUT2D eigenvalue weighted by molar-refractivity contribution is 7.13. The Bertz CT molecular complexity index is 976. The third-order valence-corrected chi connectivity index (χ3v) is 7.20. The molecule has 1 saturated carbocycles. The number of ether oxygens (including phenoxy) is 1. The lowest BCUT2D eigenvalue weighted by molar-refractivity contribution is -0.142. The maximum atomic E-state index is 13.2. The standard InChI is InChI=1S/C24H31N5O4S/c1-33-19-9-7-18(8-10-19)26-24(32)28-12-13-29(21(30)16-28)20(15-17-5-3-2-4-6-17)22(31)27-23-25-11-14-34-23/h7-11,14,17,20H,2-6,12-13,15-16H2,1H3,(H,26,32)(H,25,27,31). The van der Waals surface area contributed by atoms with E-state index in [-0.39, 0.29) is 24.4 Å². The highest BCUT2D eigenvalue weighted by atomic mass is 32.1. The van der Waals surface area contributed by atoms with Crippen molar-refractivity contribution in [2.24, 2.45) is 5.92 Å². The molecular formula is C24H31N5O4S. The fourth-order valence-corrected chi connectivity index (χ4v) is 5.19. The highest BCUT2D eigenvalue weighted by Crippen LogP contribution is 2.30. The number of hydrogen-bond acceptors (Lipinski definition) is 6. The van der Waals surface area contributed by atoms with E-state index in [1.807, 2.05) is 0 Å². The molecule has 2 fully saturated rings. The molecule has 4 rings (SSSR count). The van der Waals surface area contributed by atoms with Crippen molar-refractivity contribution < 1.29 is 19.1 Å². The summed E-state index contributed by atoms with van der Waals surface area (Å²) in [5.74, 6) is 0.697. The van der Waals surface area contributed by atoms with Crippen molar-refractivity contribution in [3.8, 4) is 5.75 Å². The Labute approximate surface area is 203 Å². The number of nitrogens with one attached hydrogen (secondary N) is 2. The number of carbonyl (C=O) groups is 3. The predicted octanol–water partition coefficient (Wildman–Crippen LogP) is 3.81. The van der Waals surface area contributed by atoms with E-state index in [0.717, 1.165) is 12.8 Å². The van der Waals surface area contributed by atoms with Crippen molar-refractivity contribution in [2.75, 3.05) is 37.4 Å². The SMILES string of the molecule is COc1ccc(NC(=O)N2CCN(C(CC3CCCCC3)C(=O)Nc3nccs3)C(=O)C2)cc1. The van der Waals surface area contributed by atoms with Gasteiger partial charge in [0.2, 0.25) is 11.8 Å². The van der Waals surface area contributed by atoms with Crippen molar-refractivity contribution >= 4 is 40.0 Å². The van der Waals surface area contributed by atoms with E-state index in [1.165, 1.54) is 35.5 Å². The third kappa shape index (κ3) is 6.05. The summed E-state index contributed by atoms with van der Waals surface area (Å²) in [4.78, 5) is 46.3. The zero-order valence-electron chi connectivity index (χ0n) is 19.4. The van der Waals surface area contributed by atoms with Gasteiger partial charge in [-0.15, -0.1) is 11.3 Å². The van der Waals surface area contributed by atoms with E-state index in [0.29, 0.717) is 42.0 Å². The number of rotatable bonds is 7. The predicted molar refractivity (Wildman–Crippen MR) is 131 cm³/mol. The highest BCUT2D eigenvalue weighted by Gasteiger charge is 2.37. The van der Waals surface area contributed by atoms with Crippen molar-refractivity contribution in [3.63, 3.8) is 0 Å². The molecule has 0 bridgehead atoms. The van der Waals surface area contributed by atoms with Gasteiger partial charge in [-0.3, -0.25) is 9.59 Å². The Kier molecular flexibility index (Phi) is 7.99.